The zero-order chi connectivity index (χ0) is 32.8. The number of carbonyl (C=O) groups is 1. The molecule has 1 aliphatic carbocycles. The second kappa shape index (κ2) is 19.1. The monoisotopic (exact) mass is 643 g/mol. The Labute approximate surface area is 262 Å². The van der Waals surface area contributed by atoms with E-state index in [1.807, 2.05) is 19.1 Å². The van der Waals surface area contributed by atoms with Gasteiger partial charge in [0, 0.05) is 18.8 Å². The van der Waals surface area contributed by atoms with Gasteiger partial charge in [-0.2, -0.15) is 0 Å². The van der Waals surface area contributed by atoms with E-state index in [-0.39, 0.29) is 43.3 Å². The van der Waals surface area contributed by atoms with Gasteiger partial charge in [-0.3, -0.25) is 9.32 Å². The average molecular weight is 644 g/mol. The second-order valence-electron chi connectivity index (χ2n) is 12.3. The first kappa shape index (κ1) is 38.5. The molecule has 8 unspecified atom stereocenters. The van der Waals surface area contributed by atoms with Crippen LogP contribution >= 0.6 is 7.82 Å². The molecule has 1 heterocycles. The molecule has 2 aliphatic rings. The summed E-state index contributed by atoms with van der Waals surface area (Å²) in [7, 11) is -5.06. The van der Waals surface area contributed by atoms with Crippen LogP contribution in [0.4, 0.5) is 0 Å². The Morgan fingerprint density at radius 3 is 2.61 bits per heavy atom. The summed E-state index contributed by atoms with van der Waals surface area (Å²) in [6.07, 6.45) is 14.5. The highest BCUT2D eigenvalue weighted by Gasteiger charge is 2.40. The zero-order valence-corrected chi connectivity index (χ0v) is 27.2. The van der Waals surface area contributed by atoms with Crippen LogP contribution in [0.2, 0.25) is 0 Å². The number of phosphoric acid groups is 1. The Bertz CT molecular complexity index is 1020. The van der Waals surface area contributed by atoms with Crippen LogP contribution in [0.25, 0.3) is 0 Å². The molecule has 1 fully saturated rings. The number of hydrogen-bond acceptors (Lipinski definition) is 9. The van der Waals surface area contributed by atoms with Crippen LogP contribution < -0.4 is 5.73 Å². The van der Waals surface area contributed by atoms with Crippen LogP contribution in [0, 0.1) is 17.8 Å². The highest BCUT2D eigenvalue weighted by Crippen LogP contribution is 2.42. The number of aliphatic hydroxyl groups excluding tert-OH is 2. The van der Waals surface area contributed by atoms with E-state index >= 15 is 0 Å². The number of allylic oxidation sites excluding steroid dienone is 3. The molecule has 0 aromatic heterocycles. The van der Waals surface area contributed by atoms with Gasteiger partial charge in [-0.15, -0.1) is 0 Å². The first-order valence-corrected chi connectivity index (χ1v) is 17.4. The number of phosphoric ester groups is 1. The Hall–Kier alpha value is -1.66. The van der Waals surface area contributed by atoms with E-state index in [9.17, 15) is 34.5 Å². The largest absolute Gasteiger partial charge is 0.469 e. The van der Waals surface area contributed by atoms with E-state index in [0.717, 1.165) is 38.5 Å². The third kappa shape index (κ3) is 14.6. The molecule has 0 bridgehead atoms. The van der Waals surface area contributed by atoms with E-state index in [1.165, 1.54) is 24.3 Å². The molecule has 8 atom stereocenters. The van der Waals surface area contributed by atoms with Crippen molar-refractivity contribution >= 4 is 13.8 Å². The van der Waals surface area contributed by atoms with Gasteiger partial charge in [-0.05, 0) is 69.4 Å². The number of ether oxygens (including phenoxy) is 2. The smallest absolute Gasteiger partial charge is 0.462 e. The van der Waals surface area contributed by atoms with E-state index in [4.69, 9.17) is 19.7 Å². The zero-order valence-electron chi connectivity index (χ0n) is 26.3. The summed E-state index contributed by atoms with van der Waals surface area (Å²) in [4.78, 5) is 31.4. The molecule has 44 heavy (non-hydrogen) atoms. The van der Waals surface area contributed by atoms with Crippen molar-refractivity contribution in [2.75, 3.05) is 6.54 Å². The van der Waals surface area contributed by atoms with Crippen molar-refractivity contribution in [1.82, 2.24) is 0 Å². The van der Waals surface area contributed by atoms with Crippen LogP contribution in [0.3, 0.4) is 0 Å². The first-order chi connectivity index (χ1) is 20.7. The SMILES string of the molecule is CCC1C=CC(O)OC1/C=C/C(O)(CCN)C(CC(O)/C=C/C=C/C1CCCC(OC(=O)CCCC(C)C)C1)OP(=O)(O)O. The fraction of sp³-hybridized carbons (Fsp3) is 0.719. The lowest BCUT2D eigenvalue weighted by Gasteiger charge is -2.35. The lowest BCUT2D eigenvalue weighted by atomic mass is 9.86. The minimum absolute atomic E-state index is 0.0303. The average Bonchev–Trinajstić information content (AvgIpc) is 2.93. The van der Waals surface area contributed by atoms with Crippen molar-refractivity contribution in [2.45, 2.75) is 121 Å². The molecule has 2 rings (SSSR count). The molecule has 252 valence electrons. The van der Waals surface area contributed by atoms with Gasteiger partial charge in [0.25, 0.3) is 0 Å². The maximum absolute atomic E-state index is 12.2. The van der Waals surface area contributed by atoms with Crippen molar-refractivity contribution < 1.29 is 48.5 Å². The third-order valence-corrected chi connectivity index (χ3v) is 8.59. The molecule has 0 amide bonds. The van der Waals surface area contributed by atoms with E-state index in [1.54, 1.807) is 12.2 Å². The normalized spacial score (nSPS) is 27.7. The molecule has 0 aromatic rings. The van der Waals surface area contributed by atoms with Crippen molar-refractivity contribution in [3.05, 3.63) is 48.6 Å². The fourth-order valence-corrected chi connectivity index (χ4v) is 6.23. The van der Waals surface area contributed by atoms with Gasteiger partial charge < -0.3 is 40.3 Å². The number of hydrogen-bond donors (Lipinski definition) is 6. The lowest BCUT2D eigenvalue weighted by molar-refractivity contribution is -0.151. The van der Waals surface area contributed by atoms with Crippen LogP contribution in [0.5, 0.6) is 0 Å². The predicted molar refractivity (Wildman–Crippen MR) is 168 cm³/mol. The van der Waals surface area contributed by atoms with Gasteiger partial charge in [0.15, 0.2) is 6.29 Å². The van der Waals surface area contributed by atoms with Gasteiger partial charge >= 0.3 is 13.8 Å². The van der Waals surface area contributed by atoms with Crippen LogP contribution in [0.1, 0.15) is 85.0 Å². The second-order valence-corrected chi connectivity index (χ2v) is 13.5. The molecule has 12 heteroatoms. The van der Waals surface area contributed by atoms with E-state index < -0.39 is 38.0 Å². The molecular formula is C32H54NO10P. The molecule has 0 aromatic carbocycles. The summed E-state index contributed by atoms with van der Waals surface area (Å²) < 4.78 is 28.0. The van der Waals surface area contributed by atoms with Gasteiger partial charge in [0.05, 0.1) is 12.2 Å². The van der Waals surface area contributed by atoms with Gasteiger partial charge in [-0.1, -0.05) is 69.7 Å². The third-order valence-electron chi connectivity index (χ3n) is 8.06. The quantitative estimate of drug-likeness (QED) is 0.0544. The molecule has 7 N–H and O–H groups in total. The molecular weight excluding hydrogens is 589 g/mol. The van der Waals surface area contributed by atoms with Crippen molar-refractivity contribution in [3.8, 4) is 0 Å². The fourth-order valence-electron chi connectivity index (χ4n) is 5.63. The van der Waals surface area contributed by atoms with Crippen molar-refractivity contribution in [2.24, 2.45) is 23.5 Å². The standard InChI is InChI=1S/C32H54NO10P/c1-4-25-15-16-31(36)42-28(25)17-18-32(37,19-20-33)29(43-44(38,39)40)22-26(34)12-6-5-10-24-11-8-13-27(21-24)41-30(35)14-7-9-23(2)3/h5-6,10,12,15-18,23-29,31,34,36-37H,4,7-9,11,13-14,19-22,33H2,1-3H3,(H2,38,39,40)/b10-5+,12-6+,18-17+. The summed E-state index contributed by atoms with van der Waals surface area (Å²) in [5, 5.41) is 32.1. The molecule has 0 saturated heterocycles. The summed E-state index contributed by atoms with van der Waals surface area (Å²) in [6.45, 7) is 6.17. The number of carbonyl (C=O) groups excluding carboxylic acids is 1. The Kier molecular flexibility index (Phi) is 16.7. The summed E-state index contributed by atoms with van der Waals surface area (Å²) in [6, 6.07) is 0. The molecule has 1 aliphatic heterocycles. The highest BCUT2D eigenvalue weighted by molar-refractivity contribution is 7.46. The van der Waals surface area contributed by atoms with Crippen LogP contribution in [0.15, 0.2) is 48.6 Å². The minimum Gasteiger partial charge on any atom is -0.462 e. The Balaban J connectivity index is 2.03. The minimum atomic E-state index is -5.06. The first-order valence-electron chi connectivity index (χ1n) is 15.8. The number of esters is 1. The number of aliphatic hydroxyl groups is 3. The summed E-state index contributed by atoms with van der Waals surface area (Å²) in [5.74, 6) is 0.540. The highest BCUT2D eigenvalue weighted by atomic mass is 31.2. The summed E-state index contributed by atoms with van der Waals surface area (Å²) >= 11 is 0. The van der Waals surface area contributed by atoms with Gasteiger partial charge in [0.1, 0.15) is 17.8 Å². The van der Waals surface area contributed by atoms with E-state index in [2.05, 4.69) is 13.8 Å². The van der Waals surface area contributed by atoms with Crippen LogP contribution in [-0.4, -0.2) is 73.9 Å². The Morgan fingerprint density at radius 2 is 1.95 bits per heavy atom. The van der Waals surface area contributed by atoms with Crippen molar-refractivity contribution in [3.63, 3.8) is 0 Å². The van der Waals surface area contributed by atoms with Gasteiger partial charge in [0.2, 0.25) is 0 Å². The molecule has 1 saturated carbocycles. The number of nitrogens with two attached hydrogens (primary N) is 1. The molecule has 11 nitrogen and oxygen atoms in total. The summed E-state index contributed by atoms with van der Waals surface area (Å²) in [5.41, 5.74) is 3.78. The Morgan fingerprint density at radius 1 is 1.20 bits per heavy atom. The maximum Gasteiger partial charge on any atom is 0.469 e. The predicted octanol–water partition coefficient (Wildman–Crippen LogP) is 4.19. The molecule has 0 spiro atoms. The van der Waals surface area contributed by atoms with Crippen LogP contribution in [-0.2, 0) is 23.4 Å². The van der Waals surface area contributed by atoms with Gasteiger partial charge in [-0.25, -0.2) is 4.57 Å². The molecule has 0 radical (unpaired) electrons. The lowest BCUT2D eigenvalue weighted by Crippen LogP contribution is -2.45. The van der Waals surface area contributed by atoms with Crippen molar-refractivity contribution in [1.29, 1.82) is 0 Å². The number of rotatable bonds is 18. The maximum atomic E-state index is 12.2. The topological polar surface area (TPSA) is 189 Å². The van der Waals surface area contributed by atoms with E-state index in [0.29, 0.717) is 18.8 Å².